The molecule has 0 radical (unpaired) electrons. The van der Waals surface area contributed by atoms with E-state index in [-0.39, 0.29) is 23.3 Å². The third kappa shape index (κ3) is 4.81. The highest BCUT2D eigenvalue weighted by Gasteiger charge is 2.19. The summed E-state index contributed by atoms with van der Waals surface area (Å²) >= 11 is 1.23. The lowest BCUT2D eigenvalue weighted by molar-refractivity contribution is 0.0696. The van der Waals surface area contributed by atoms with Crippen molar-refractivity contribution in [3.63, 3.8) is 0 Å². The van der Waals surface area contributed by atoms with Gasteiger partial charge in [-0.2, -0.15) is 0 Å². The highest BCUT2D eigenvalue weighted by atomic mass is 32.2. The zero-order valence-electron chi connectivity index (χ0n) is 11.3. The van der Waals surface area contributed by atoms with E-state index in [1.54, 1.807) is 6.07 Å². The van der Waals surface area contributed by atoms with Crippen LogP contribution >= 0.6 is 11.8 Å². The number of carboxylic acids is 1. The quantitative estimate of drug-likeness (QED) is 0.711. The fourth-order valence-corrected chi connectivity index (χ4v) is 2.16. The third-order valence-electron chi connectivity index (χ3n) is 2.45. The smallest absolute Gasteiger partial charge is 0.335 e. The maximum atomic E-state index is 11.1. The molecule has 0 bridgehead atoms. The van der Waals surface area contributed by atoms with Crippen LogP contribution in [0.4, 0.5) is 0 Å². The van der Waals surface area contributed by atoms with Crippen molar-refractivity contribution in [1.29, 1.82) is 0 Å². The van der Waals surface area contributed by atoms with E-state index in [0.29, 0.717) is 10.7 Å². The van der Waals surface area contributed by atoms with Crippen LogP contribution in [0.25, 0.3) is 0 Å². The van der Waals surface area contributed by atoms with Crippen LogP contribution in [0.1, 0.15) is 36.8 Å². The Hall–Kier alpha value is -1.11. The molecule has 0 aliphatic carbocycles. The molecule has 1 rings (SSSR count). The average molecular weight is 285 g/mol. The number of aliphatic hydroxyl groups is 2. The molecule has 0 aliphatic heterocycles. The summed E-state index contributed by atoms with van der Waals surface area (Å²) < 4.78 is 0. The van der Waals surface area contributed by atoms with Gasteiger partial charge in [0.2, 0.25) is 0 Å². The molecule has 0 aliphatic rings. The van der Waals surface area contributed by atoms with E-state index in [0.717, 1.165) is 0 Å². The van der Waals surface area contributed by atoms with E-state index in [4.69, 9.17) is 10.2 Å². The predicted octanol–water partition coefficient (Wildman–Crippen LogP) is 1.52. The van der Waals surface area contributed by atoms with Gasteiger partial charge in [-0.1, -0.05) is 20.8 Å². The average Bonchev–Trinajstić information content (AvgIpc) is 2.34. The van der Waals surface area contributed by atoms with E-state index in [9.17, 15) is 9.90 Å². The molecular formula is C13H19NO4S. The minimum atomic E-state index is -1.00. The SMILES string of the molecule is CC(C)(C)c1cc(C(=O)O)cc(SCC(O)CO)n1. The lowest BCUT2D eigenvalue weighted by atomic mass is 9.91. The van der Waals surface area contributed by atoms with Crippen LogP contribution in [0, 0.1) is 0 Å². The van der Waals surface area contributed by atoms with Gasteiger partial charge >= 0.3 is 5.97 Å². The monoisotopic (exact) mass is 285 g/mol. The summed E-state index contributed by atoms with van der Waals surface area (Å²) in [7, 11) is 0. The van der Waals surface area contributed by atoms with E-state index in [2.05, 4.69) is 4.98 Å². The van der Waals surface area contributed by atoms with Gasteiger partial charge in [-0.25, -0.2) is 9.78 Å². The summed E-state index contributed by atoms with van der Waals surface area (Å²) in [6.45, 7) is 5.55. The number of pyridine rings is 1. The largest absolute Gasteiger partial charge is 0.478 e. The predicted molar refractivity (Wildman–Crippen MR) is 73.7 cm³/mol. The van der Waals surface area contributed by atoms with Crippen LogP contribution in [-0.2, 0) is 5.41 Å². The first-order chi connectivity index (χ1) is 8.74. The summed E-state index contributed by atoms with van der Waals surface area (Å²) in [5.74, 6) is -0.728. The second kappa shape index (κ2) is 6.36. The van der Waals surface area contributed by atoms with Gasteiger partial charge in [-0.15, -0.1) is 11.8 Å². The molecule has 1 atom stereocenters. The Morgan fingerprint density at radius 2 is 2.05 bits per heavy atom. The molecule has 1 heterocycles. The number of aromatic nitrogens is 1. The van der Waals surface area contributed by atoms with Gasteiger partial charge in [0, 0.05) is 16.9 Å². The Balaban J connectivity index is 3.03. The zero-order valence-corrected chi connectivity index (χ0v) is 12.1. The van der Waals surface area contributed by atoms with Crippen LogP contribution in [0.2, 0.25) is 0 Å². The first kappa shape index (κ1) is 15.9. The summed E-state index contributed by atoms with van der Waals surface area (Å²) in [5, 5.41) is 27.7. The molecule has 3 N–H and O–H groups in total. The fraction of sp³-hybridized carbons (Fsp3) is 0.538. The standard InChI is InChI=1S/C13H19NO4S/c1-13(2,3)10-4-8(12(17)18)5-11(14-10)19-7-9(16)6-15/h4-5,9,15-16H,6-7H2,1-3H3,(H,17,18). The molecule has 19 heavy (non-hydrogen) atoms. The van der Waals surface area contributed by atoms with Crippen molar-refractivity contribution in [2.24, 2.45) is 0 Å². The van der Waals surface area contributed by atoms with Gasteiger partial charge in [0.25, 0.3) is 0 Å². The first-order valence-electron chi connectivity index (χ1n) is 5.91. The Morgan fingerprint density at radius 3 is 2.53 bits per heavy atom. The number of rotatable bonds is 5. The maximum Gasteiger partial charge on any atom is 0.335 e. The second-order valence-corrected chi connectivity index (χ2v) is 6.32. The third-order valence-corrected chi connectivity index (χ3v) is 3.51. The summed E-state index contributed by atoms with van der Waals surface area (Å²) in [6, 6.07) is 3.04. The molecule has 0 amide bonds. The van der Waals surface area contributed by atoms with E-state index >= 15 is 0 Å². The minimum Gasteiger partial charge on any atom is -0.478 e. The molecule has 0 spiro atoms. The number of hydrogen-bond acceptors (Lipinski definition) is 5. The van der Waals surface area contributed by atoms with Crippen molar-refractivity contribution in [1.82, 2.24) is 4.98 Å². The first-order valence-corrected chi connectivity index (χ1v) is 6.90. The Kier molecular flexibility index (Phi) is 5.34. The summed E-state index contributed by atoms with van der Waals surface area (Å²) in [6.07, 6.45) is -0.835. The van der Waals surface area contributed by atoms with Gasteiger partial charge in [0.1, 0.15) is 0 Å². The number of thioether (sulfide) groups is 1. The summed E-state index contributed by atoms with van der Waals surface area (Å²) in [5.41, 5.74) is 0.616. The zero-order chi connectivity index (χ0) is 14.6. The molecular weight excluding hydrogens is 266 g/mol. The van der Waals surface area contributed by atoms with Crippen LogP contribution in [0.3, 0.4) is 0 Å². The molecule has 0 fully saturated rings. The molecule has 1 aromatic rings. The van der Waals surface area contributed by atoms with E-state index < -0.39 is 12.1 Å². The topological polar surface area (TPSA) is 90.7 Å². The summed E-state index contributed by atoms with van der Waals surface area (Å²) in [4.78, 5) is 15.5. The van der Waals surface area contributed by atoms with Gasteiger partial charge in [-0.05, 0) is 12.1 Å². The second-order valence-electron chi connectivity index (χ2n) is 5.28. The van der Waals surface area contributed by atoms with Crippen molar-refractivity contribution in [3.05, 3.63) is 23.4 Å². The lowest BCUT2D eigenvalue weighted by Crippen LogP contribution is -2.17. The van der Waals surface area contributed by atoms with Gasteiger partial charge in [-0.3, -0.25) is 0 Å². The van der Waals surface area contributed by atoms with Crippen molar-refractivity contribution < 1.29 is 20.1 Å². The van der Waals surface area contributed by atoms with Crippen molar-refractivity contribution in [3.8, 4) is 0 Å². The number of aromatic carboxylic acids is 1. The molecule has 1 aromatic heterocycles. The Labute approximate surface area is 116 Å². The van der Waals surface area contributed by atoms with Crippen molar-refractivity contribution >= 4 is 17.7 Å². The van der Waals surface area contributed by atoms with Gasteiger partial charge in [0.15, 0.2) is 0 Å². The molecule has 0 aromatic carbocycles. The van der Waals surface area contributed by atoms with Crippen LogP contribution in [0.15, 0.2) is 17.2 Å². The molecule has 106 valence electrons. The Morgan fingerprint density at radius 1 is 1.42 bits per heavy atom. The van der Waals surface area contributed by atoms with Gasteiger partial charge < -0.3 is 15.3 Å². The van der Waals surface area contributed by atoms with Crippen LogP contribution < -0.4 is 0 Å². The number of carbonyl (C=O) groups is 1. The molecule has 1 unspecified atom stereocenters. The normalized spacial score (nSPS) is 13.3. The minimum absolute atomic E-state index is 0.181. The van der Waals surface area contributed by atoms with Crippen molar-refractivity contribution in [2.75, 3.05) is 12.4 Å². The van der Waals surface area contributed by atoms with Crippen molar-refractivity contribution in [2.45, 2.75) is 37.3 Å². The number of aliphatic hydroxyl groups excluding tert-OH is 2. The highest BCUT2D eigenvalue weighted by Crippen LogP contribution is 2.26. The number of nitrogens with zero attached hydrogens (tertiary/aromatic N) is 1. The molecule has 5 nitrogen and oxygen atoms in total. The van der Waals surface area contributed by atoms with Crippen LogP contribution in [0.5, 0.6) is 0 Å². The molecule has 0 saturated carbocycles. The lowest BCUT2D eigenvalue weighted by Gasteiger charge is -2.19. The highest BCUT2D eigenvalue weighted by molar-refractivity contribution is 7.99. The number of hydrogen-bond donors (Lipinski definition) is 3. The number of carboxylic acid groups (broad SMARTS) is 1. The maximum absolute atomic E-state index is 11.1. The Bertz CT molecular complexity index is 456. The van der Waals surface area contributed by atoms with Crippen LogP contribution in [-0.4, -0.2) is 44.7 Å². The van der Waals surface area contributed by atoms with E-state index in [1.165, 1.54) is 17.8 Å². The fourth-order valence-electron chi connectivity index (χ4n) is 1.32. The molecule has 0 saturated heterocycles. The van der Waals surface area contributed by atoms with Gasteiger partial charge in [0.05, 0.1) is 23.3 Å². The molecule has 6 heteroatoms. The van der Waals surface area contributed by atoms with E-state index in [1.807, 2.05) is 20.8 Å².